The molecule has 0 aliphatic carbocycles. The average Bonchev–Trinajstić information content (AvgIpc) is 3.02. The Morgan fingerprint density at radius 3 is 2.68 bits per heavy atom. The summed E-state index contributed by atoms with van der Waals surface area (Å²) in [5.41, 5.74) is 1.75. The van der Waals surface area contributed by atoms with Gasteiger partial charge >= 0.3 is 0 Å². The fourth-order valence-corrected chi connectivity index (χ4v) is 2.76. The van der Waals surface area contributed by atoms with Crippen LogP contribution in [-0.4, -0.2) is 32.0 Å². The van der Waals surface area contributed by atoms with Gasteiger partial charge in [0.25, 0.3) is 11.5 Å². The highest BCUT2D eigenvalue weighted by Gasteiger charge is 2.17. The molecule has 0 atom stereocenters. The summed E-state index contributed by atoms with van der Waals surface area (Å²) in [4.78, 5) is 29.3. The van der Waals surface area contributed by atoms with Crippen molar-refractivity contribution in [2.45, 2.75) is 6.42 Å². The number of amides is 1. The van der Waals surface area contributed by atoms with Crippen molar-refractivity contribution in [1.29, 1.82) is 0 Å². The predicted octanol–water partition coefficient (Wildman–Crippen LogP) is 1.54. The fourth-order valence-electron chi connectivity index (χ4n) is 2.76. The molecule has 0 bridgehead atoms. The lowest BCUT2D eigenvalue weighted by molar-refractivity contribution is 0.0946. The first-order valence-electron chi connectivity index (χ1n) is 7.92. The highest BCUT2D eigenvalue weighted by atomic mass is 16.2. The number of carbonyl (C=O) groups is 1. The lowest BCUT2D eigenvalue weighted by atomic mass is 10.1. The van der Waals surface area contributed by atoms with E-state index < -0.39 is 11.5 Å². The maximum Gasteiger partial charge on any atom is 0.291 e. The van der Waals surface area contributed by atoms with Crippen LogP contribution in [0.3, 0.4) is 0 Å². The van der Waals surface area contributed by atoms with Crippen LogP contribution in [0.2, 0.25) is 0 Å². The molecule has 2 aromatic carbocycles. The molecule has 0 fully saturated rings. The number of fused-ring (bicyclic) bond motifs is 3. The number of hydrogen-bond acceptors (Lipinski definition) is 4. The Morgan fingerprint density at radius 2 is 1.84 bits per heavy atom. The molecule has 0 saturated carbocycles. The molecule has 124 valence electrons. The molecule has 7 heteroatoms. The molecule has 0 aliphatic rings. The van der Waals surface area contributed by atoms with Crippen LogP contribution in [0.1, 0.15) is 16.1 Å². The molecule has 2 aromatic heterocycles. The molecular formula is C18H15N5O2. The summed E-state index contributed by atoms with van der Waals surface area (Å²) < 4.78 is 1.37. The second-order valence-corrected chi connectivity index (χ2v) is 5.63. The number of aromatic nitrogens is 4. The molecule has 0 spiro atoms. The van der Waals surface area contributed by atoms with Gasteiger partial charge in [0.2, 0.25) is 11.5 Å². The van der Waals surface area contributed by atoms with Gasteiger partial charge in [-0.3, -0.25) is 9.59 Å². The Balaban J connectivity index is 1.60. The lowest BCUT2D eigenvalue weighted by Crippen LogP contribution is -2.34. The average molecular weight is 333 g/mol. The number of rotatable bonds is 4. The molecule has 2 N–H and O–H groups in total. The quantitative estimate of drug-likeness (QED) is 0.592. The molecule has 0 aliphatic heterocycles. The Kier molecular flexibility index (Phi) is 3.74. The van der Waals surface area contributed by atoms with Gasteiger partial charge < -0.3 is 5.32 Å². The van der Waals surface area contributed by atoms with Crippen molar-refractivity contribution in [3.63, 3.8) is 0 Å². The van der Waals surface area contributed by atoms with Gasteiger partial charge in [0, 0.05) is 6.54 Å². The summed E-state index contributed by atoms with van der Waals surface area (Å²) in [7, 11) is 0. The summed E-state index contributed by atoms with van der Waals surface area (Å²) in [5, 5.41) is 9.31. The summed E-state index contributed by atoms with van der Waals surface area (Å²) in [6, 6.07) is 17.0. The van der Waals surface area contributed by atoms with Crippen molar-refractivity contribution in [1.82, 2.24) is 24.9 Å². The molecule has 4 rings (SSSR count). The first-order chi connectivity index (χ1) is 12.2. The summed E-state index contributed by atoms with van der Waals surface area (Å²) in [6.45, 7) is 0.423. The molecule has 4 aromatic rings. The highest BCUT2D eigenvalue weighted by molar-refractivity contribution is 5.92. The van der Waals surface area contributed by atoms with E-state index in [2.05, 4.69) is 20.5 Å². The lowest BCUT2D eigenvalue weighted by Gasteiger charge is -2.05. The minimum atomic E-state index is -0.503. The number of imidazole rings is 1. The maximum absolute atomic E-state index is 12.7. The van der Waals surface area contributed by atoms with Crippen molar-refractivity contribution in [3.8, 4) is 0 Å². The Morgan fingerprint density at radius 1 is 1.08 bits per heavy atom. The Labute approximate surface area is 142 Å². The normalized spacial score (nSPS) is 11.0. The van der Waals surface area contributed by atoms with E-state index in [1.165, 1.54) is 4.40 Å². The van der Waals surface area contributed by atoms with Gasteiger partial charge in [-0.1, -0.05) is 42.5 Å². The number of H-pyrrole nitrogens is 1. The molecule has 0 saturated heterocycles. The minimum absolute atomic E-state index is 0.177. The van der Waals surface area contributed by atoms with Crippen LogP contribution in [0, 0.1) is 0 Å². The second kappa shape index (κ2) is 6.20. The van der Waals surface area contributed by atoms with Gasteiger partial charge in [0.05, 0.1) is 11.0 Å². The van der Waals surface area contributed by atoms with E-state index in [1.54, 1.807) is 12.1 Å². The van der Waals surface area contributed by atoms with Gasteiger partial charge in [-0.25, -0.2) is 14.5 Å². The molecule has 0 unspecified atom stereocenters. The zero-order chi connectivity index (χ0) is 17.2. The van der Waals surface area contributed by atoms with Crippen LogP contribution in [0.5, 0.6) is 0 Å². The number of nitrogens with one attached hydrogen (secondary N) is 2. The van der Waals surface area contributed by atoms with Crippen molar-refractivity contribution < 1.29 is 4.79 Å². The van der Waals surface area contributed by atoms with Crippen LogP contribution in [0.25, 0.3) is 16.8 Å². The smallest absolute Gasteiger partial charge is 0.291 e. The topological polar surface area (TPSA) is 92.2 Å². The van der Waals surface area contributed by atoms with E-state index in [1.807, 2.05) is 42.5 Å². The predicted molar refractivity (Wildman–Crippen MR) is 93.6 cm³/mol. The van der Waals surface area contributed by atoms with Crippen molar-refractivity contribution >= 4 is 22.7 Å². The van der Waals surface area contributed by atoms with Gasteiger partial charge in [0.1, 0.15) is 0 Å². The molecule has 1 amide bonds. The van der Waals surface area contributed by atoms with E-state index in [-0.39, 0.29) is 5.69 Å². The van der Waals surface area contributed by atoms with Gasteiger partial charge in [-0.05, 0) is 24.1 Å². The van der Waals surface area contributed by atoms with E-state index in [4.69, 9.17) is 0 Å². The van der Waals surface area contributed by atoms with Gasteiger partial charge in [0.15, 0.2) is 0 Å². The Bertz CT molecular complexity index is 1110. The molecule has 7 nitrogen and oxygen atoms in total. The summed E-state index contributed by atoms with van der Waals surface area (Å²) in [5.74, 6) is -0.191. The third kappa shape index (κ3) is 2.76. The number of para-hydroxylation sites is 2. The van der Waals surface area contributed by atoms with E-state index in [0.29, 0.717) is 29.8 Å². The summed E-state index contributed by atoms with van der Waals surface area (Å²) in [6.07, 6.45) is 0.681. The first-order valence-corrected chi connectivity index (χ1v) is 7.92. The summed E-state index contributed by atoms with van der Waals surface area (Å²) >= 11 is 0. The fraction of sp³-hybridized carbons (Fsp3) is 0.111. The van der Waals surface area contributed by atoms with Crippen LogP contribution >= 0.6 is 0 Å². The van der Waals surface area contributed by atoms with Crippen molar-refractivity contribution in [3.05, 3.63) is 76.2 Å². The highest BCUT2D eigenvalue weighted by Crippen LogP contribution is 2.12. The number of aromatic amines is 1. The molecule has 2 heterocycles. The van der Waals surface area contributed by atoms with E-state index in [9.17, 15) is 9.59 Å². The monoisotopic (exact) mass is 333 g/mol. The van der Waals surface area contributed by atoms with E-state index in [0.717, 1.165) is 5.56 Å². The molecule has 25 heavy (non-hydrogen) atoms. The van der Waals surface area contributed by atoms with Crippen molar-refractivity contribution in [2.75, 3.05) is 6.54 Å². The van der Waals surface area contributed by atoms with Crippen LogP contribution < -0.4 is 10.9 Å². The third-order valence-corrected chi connectivity index (χ3v) is 3.99. The van der Waals surface area contributed by atoms with Crippen LogP contribution in [-0.2, 0) is 6.42 Å². The van der Waals surface area contributed by atoms with Crippen LogP contribution in [0.4, 0.5) is 0 Å². The standard InChI is InChI=1S/C18H15N5O2/c24-16(19-11-10-12-6-2-1-3-7-12)15-17(25)23-14-9-5-4-8-13(14)20-18(23)22-21-15/h1-9H,10-11H2,(H,19,24)(H,20,22). The van der Waals surface area contributed by atoms with Gasteiger partial charge in [-0.2, -0.15) is 5.10 Å². The van der Waals surface area contributed by atoms with Gasteiger partial charge in [-0.15, -0.1) is 0 Å². The minimum Gasteiger partial charge on any atom is -0.350 e. The number of benzene rings is 2. The zero-order valence-corrected chi connectivity index (χ0v) is 13.3. The molecule has 0 radical (unpaired) electrons. The Hall–Kier alpha value is -3.48. The zero-order valence-electron chi connectivity index (χ0n) is 13.3. The third-order valence-electron chi connectivity index (χ3n) is 3.99. The van der Waals surface area contributed by atoms with Crippen LogP contribution in [0.15, 0.2) is 59.4 Å². The van der Waals surface area contributed by atoms with Crippen molar-refractivity contribution in [2.24, 2.45) is 0 Å². The number of carbonyl (C=O) groups excluding carboxylic acids is 1. The SMILES string of the molecule is O=C(NCCc1ccccc1)c1n[nH]c2nc3ccccc3n2c1=O. The maximum atomic E-state index is 12.7. The second-order valence-electron chi connectivity index (χ2n) is 5.63. The van der Waals surface area contributed by atoms with E-state index >= 15 is 0 Å². The number of hydrogen-bond donors (Lipinski definition) is 2. The largest absolute Gasteiger partial charge is 0.350 e. The first kappa shape index (κ1) is 15.1. The molecular weight excluding hydrogens is 318 g/mol. The number of nitrogens with zero attached hydrogens (tertiary/aromatic N) is 3.